The first kappa shape index (κ1) is 19.7. The van der Waals surface area contributed by atoms with Gasteiger partial charge in [-0.2, -0.15) is 0 Å². The van der Waals surface area contributed by atoms with E-state index in [1.165, 1.54) is 80.9 Å². The molecular formula is C32H31-. The Kier molecular flexibility index (Phi) is 4.65. The first-order chi connectivity index (χ1) is 15.7. The van der Waals surface area contributed by atoms with Crippen molar-refractivity contribution in [1.82, 2.24) is 0 Å². The highest BCUT2D eigenvalue weighted by atomic mass is 14.4. The lowest BCUT2D eigenvalue weighted by Crippen LogP contribution is -2.10. The molecule has 0 amide bonds. The SMILES string of the molecule is CCCC[C@H]1C=Cc2cccc3c2C1=C1/C3=C2/C=CC=C(CCc3cccc1c3C)[C-]2C. The van der Waals surface area contributed by atoms with Gasteiger partial charge in [0.2, 0.25) is 0 Å². The summed E-state index contributed by atoms with van der Waals surface area (Å²) in [7, 11) is 0. The van der Waals surface area contributed by atoms with E-state index in [9.17, 15) is 0 Å². The maximum atomic E-state index is 2.48. The van der Waals surface area contributed by atoms with Crippen molar-refractivity contribution in [3.63, 3.8) is 0 Å². The Labute approximate surface area is 192 Å². The van der Waals surface area contributed by atoms with Gasteiger partial charge in [0, 0.05) is 5.92 Å². The molecule has 0 saturated heterocycles. The van der Waals surface area contributed by atoms with Crippen molar-refractivity contribution in [3.8, 4) is 0 Å². The minimum atomic E-state index is 0.491. The fourth-order valence-electron chi connectivity index (χ4n) is 6.24. The van der Waals surface area contributed by atoms with E-state index in [0.29, 0.717) is 5.92 Å². The molecule has 0 nitrogen and oxygen atoms in total. The molecule has 0 unspecified atom stereocenters. The van der Waals surface area contributed by atoms with Crippen LogP contribution in [0.4, 0.5) is 0 Å². The fraction of sp³-hybridized carbons (Fsp3) is 0.281. The van der Waals surface area contributed by atoms with E-state index in [-0.39, 0.29) is 0 Å². The summed E-state index contributed by atoms with van der Waals surface area (Å²) >= 11 is 0. The normalized spacial score (nSPS) is 22.7. The van der Waals surface area contributed by atoms with Crippen molar-refractivity contribution in [2.75, 3.05) is 0 Å². The van der Waals surface area contributed by atoms with Crippen LogP contribution in [0.5, 0.6) is 0 Å². The molecule has 0 radical (unpaired) electrons. The molecule has 4 aliphatic carbocycles. The van der Waals surface area contributed by atoms with Crippen LogP contribution < -0.4 is 0 Å². The van der Waals surface area contributed by atoms with Gasteiger partial charge in [-0.3, -0.25) is 0 Å². The number of fused-ring (bicyclic) bond motifs is 7. The van der Waals surface area contributed by atoms with Crippen LogP contribution in [0.25, 0.3) is 22.8 Å². The van der Waals surface area contributed by atoms with Gasteiger partial charge in [0.05, 0.1) is 0 Å². The Morgan fingerprint density at radius 1 is 0.969 bits per heavy atom. The summed E-state index contributed by atoms with van der Waals surface area (Å²) in [5.41, 5.74) is 16.2. The number of aryl methyl sites for hydroxylation is 1. The third kappa shape index (κ3) is 2.78. The quantitative estimate of drug-likeness (QED) is 0.441. The number of hydrogen-bond donors (Lipinski definition) is 0. The molecule has 4 aliphatic rings. The van der Waals surface area contributed by atoms with Crippen LogP contribution in [0.1, 0.15) is 72.9 Å². The van der Waals surface area contributed by atoms with Crippen LogP contribution in [0.15, 0.2) is 71.8 Å². The summed E-state index contributed by atoms with van der Waals surface area (Å²) in [4.78, 5) is 0. The lowest BCUT2D eigenvalue weighted by atomic mass is 9.76. The van der Waals surface area contributed by atoms with Gasteiger partial charge in [-0.15, -0.1) is 35.3 Å². The van der Waals surface area contributed by atoms with Gasteiger partial charge in [-0.05, 0) is 65.1 Å². The zero-order valence-corrected chi connectivity index (χ0v) is 19.5. The lowest BCUT2D eigenvalue weighted by Gasteiger charge is -2.34. The van der Waals surface area contributed by atoms with Gasteiger partial charge < -0.3 is 0 Å². The molecule has 0 saturated carbocycles. The van der Waals surface area contributed by atoms with Crippen LogP contribution >= 0.6 is 0 Å². The number of hydrogen-bond acceptors (Lipinski definition) is 0. The minimum Gasteiger partial charge on any atom is -0.145 e. The summed E-state index contributed by atoms with van der Waals surface area (Å²) in [5, 5.41) is 0. The van der Waals surface area contributed by atoms with Crippen LogP contribution in [-0.2, 0) is 6.42 Å². The minimum absolute atomic E-state index is 0.491. The number of rotatable bonds is 3. The number of benzene rings is 2. The Morgan fingerprint density at radius 3 is 2.69 bits per heavy atom. The molecule has 0 N–H and O–H groups in total. The van der Waals surface area contributed by atoms with Gasteiger partial charge in [-0.1, -0.05) is 86.4 Å². The average Bonchev–Trinajstić information content (AvgIpc) is 3.15. The van der Waals surface area contributed by atoms with Gasteiger partial charge in [0.15, 0.2) is 0 Å². The summed E-state index contributed by atoms with van der Waals surface area (Å²) in [6, 6.07) is 13.9. The van der Waals surface area contributed by atoms with Gasteiger partial charge in [-0.25, -0.2) is 0 Å². The Morgan fingerprint density at radius 2 is 1.81 bits per heavy atom. The van der Waals surface area contributed by atoms with E-state index >= 15 is 0 Å². The summed E-state index contributed by atoms with van der Waals surface area (Å²) in [5.74, 6) is 1.95. The smallest absolute Gasteiger partial charge is 0.00257 e. The van der Waals surface area contributed by atoms with E-state index in [1.54, 1.807) is 5.57 Å². The molecule has 2 aromatic carbocycles. The van der Waals surface area contributed by atoms with E-state index in [0.717, 1.165) is 12.8 Å². The Hall–Kier alpha value is -2.99. The second-order valence-electron chi connectivity index (χ2n) is 9.72. The highest BCUT2D eigenvalue weighted by Gasteiger charge is 2.34. The molecule has 0 aliphatic heterocycles. The molecule has 0 heteroatoms. The van der Waals surface area contributed by atoms with E-state index in [1.807, 2.05) is 0 Å². The molecular weight excluding hydrogens is 384 g/mol. The monoisotopic (exact) mass is 415 g/mol. The molecule has 6 rings (SSSR count). The third-order valence-electron chi connectivity index (χ3n) is 8.00. The van der Waals surface area contributed by atoms with E-state index < -0.39 is 0 Å². The van der Waals surface area contributed by atoms with Crippen molar-refractivity contribution in [2.45, 2.75) is 52.9 Å². The predicted octanol–water partition coefficient (Wildman–Crippen LogP) is 8.54. The van der Waals surface area contributed by atoms with Gasteiger partial charge in [0.25, 0.3) is 0 Å². The maximum absolute atomic E-state index is 2.48. The molecule has 160 valence electrons. The second-order valence-corrected chi connectivity index (χ2v) is 9.72. The van der Waals surface area contributed by atoms with E-state index in [2.05, 4.69) is 87.5 Å². The van der Waals surface area contributed by atoms with Crippen molar-refractivity contribution < 1.29 is 0 Å². The molecule has 32 heavy (non-hydrogen) atoms. The molecule has 0 fully saturated rings. The largest absolute Gasteiger partial charge is 0.145 e. The second kappa shape index (κ2) is 7.55. The van der Waals surface area contributed by atoms with Crippen LogP contribution in [-0.4, -0.2) is 0 Å². The van der Waals surface area contributed by atoms with Crippen molar-refractivity contribution >= 4 is 22.8 Å². The fourth-order valence-corrected chi connectivity index (χ4v) is 6.24. The van der Waals surface area contributed by atoms with Gasteiger partial charge >= 0.3 is 0 Å². The van der Waals surface area contributed by atoms with Crippen LogP contribution in [0.3, 0.4) is 0 Å². The Bertz CT molecular complexity index is 1270. The van der Waals surface area contributed by atoms with Crippen molar-refractivity contribution in [1.29, 1.82) is 0 Å². The topological polar surface area (TPSA) is 0 Å². The molecule has 0 heterocycles. The maximum Gasteiger partial charge on any atom is 0.00257 e. The molecule has 1 atom stereocenters. The van der Waals surface area contributed by atoms with Gasteiger partial charge in [0.1, 0.15) is 0 Å². The molecule has 0 spiro atoms. The van der Waals surface area contributed by atoms with Crippen molar-refractivity contribution in [2.24, 2.45) is 5.92 Å². The summed E-state index contributed by atoms with van der Waals surface area (Å²) in [6.07, 6.45) is 17.8. The van der Waals surface area contributed by atoms with Crippen molar-refractivity contribution in [3.05, 3.63) is 111 Å². The Balaban J connectivity index is 1.74. The first-order valence-electron chi connectivity index (χ1n) is 12.3. The lowest BCUT2D eigenvalue weighted by molar-refractivity contribution is 0.654. The zero-order valence-electron chi connectivity index (χ0n) is 19.5. The molecule has 0 aromatic heterocycles. The third-order valence-corrected chi connectivity index (χ3v) is 8.00. The van der Waals surface area contributed by atoms with Crippen LogP contribution in [0, 0.1) is 18.8 Å². The van der Waals surface area contributed by atoms with Crippen LogP contribution in [0.2, 0.25) is 0 Å². The zero-order chi connectivity index (χ0) is 21.8. The highest BCUT2D eigenvalue weighted by molar-refractivity contribution is 6.25. The average molecular weight is 416 g/mol. The van der Waals surface area contributed by atoms with E-state index in [4.69, 9.17) is 0 Å². The highest BCUT2D eigenvalue weighted by Crippen LogP contribution is 2.57. The molecule has 2 aromatic rings. The summed E-state index contributed by atoms with van der Waals surface area (Å²) in [6.45, 7) is 7.00. The predicted molar refractivity (Wildman–Crippen MR) is 138 cm³/mol. The molecule has 4 bridgehead atoms. The standard InChI is InChI=1S/C32H31/c1-4-5-9-25-19-18-24-12-8-15-28-29(24)30(25)32-27-14-7-11-23(21(27)3)17-16-22-10-6-13-26(20(22)2)31(28)32/h6-8,10-15,18-19,25H,4-5,9,16-17H2,1-3H3/q-1/b31-26-/t25-/m0/s1. The number of allylic oxidation sites excluding steroid dienone is 9. The number of unbranched alkanes of at least 4 members (excludes halogenated alkanes) is 1. The first-order valence-corrected chi connectivity index (χ1v) is 12.3. The summed E-state index contributed by atoms with van der Waals surface area (Å²) < 4.78 is 0.